The number of rotatable bonds is 7. The first kappa shape index (κ1) is 23.2. The van der Waals surface area contributed by atoms with Gasteiger partial charge in [0.15, 0.2) is 0 Å². The van der Waals surface area contributed by atoms with E-state index in [-0.39, 0.29) is 47.3 Å². The van der Waals surface area contributed by atoms with Crippen molar-refractivity contribution >= 4 is 29.3 Å². The number of fused-ring (bicyclic) bond motifs is 1. The highest BCUT2D eigenvalue weighted by Crippen LogP contribution is 2.27. The highest BCUT2D eigenvalue weighted by Gasteiger charge is 2.38. The van der Waals surface area contributed by atoms with Crippen LogP contribution in [0.2, 0.25) is 0 Å². The summed E-state index contributed by atoms with van der Waals surface area (Å²) >= 11 is 0. The summed E-state index contributed by atoms with van der Waals surface area (Å²) in [5, 5.41) is 5.62. The van der Waals surface area contributed by atoms with Gasteiger partial charge in [0.2, 0.25) is 0 Å². The Labute approximate surface area is 202 Å². The van der Waals surface area contributed by atoms with Gasteiger partial charge in [-0.3, -0.25) is 24.1 Å². The number of hydrogen-bond donors (Lipinski definition) is 2. The maximum absolute atomic E-state index is 13.0. The minimum absolute atomic E-state index is 0.00663. The minimum atomic E-state index is -0.481. The number of carbonyl (C=O) groups is 4. The summed E-state index contributed by atoms with van der Waals surface area (Å²) in [5.41, 5.74) is 1.37. The van der Waals surface area contributed by atoms with E-state index in [1.54, 1.807) is 24.3 Å². The Bertz CT molecular complexity index is 1170. The largest absolute Gasteiger partial charge is 0.376 e. The molecule has 2 aromatic carbocycles. The van der Waals surface area contributed by atoms with Gasteiger partial charge in [0, 0.05) is 25.3 Å². The van der Waals surface area contributed by atoms with E-state index >= 15 is 0 Å². The summed E-state index contributed by atoms with van der Waals surface area (Å²) in [7, 11) is 0. The molecular formula is C26H27N3O6. The molecule has 0 bridgehead atoms. The van der Waals surface area contributed by atoms with Crippen molar-refractivity contribution in [1.29, 1.82) is 0 Å². The van der Waals surface area contributed by atoms with Gasteiger partial charge in [0.1, 0.15) is 0 Å². The van der Waals surface area contributed by atoms with Gasteiger partial charge in [-0.25, -0.2) is 0 Å². The normalized spacial score (nSPS) is 21.3. The van der Waals surface area contributed by atoms with Crippen LogP contribution in [0.1, 0.15) is 67.1 Å². The Morgan fingerprint density at radius 1 is 0.886 bits per heavy atom. The van der Waals surface area contributed by atoms with E-state index < -0.39 is 11.8 Å². The Hall–Kier alpha value is -3.56. The monoisotopic (exact) mass is 477 g/mol. The van der Waals surface area contributed by atoms with Crippen LogP contribution in [-0.2, 0) is 9.47 Å². The molecule has 5 rings (SSSR count). The zero-order chi connectivity index (χ0) is 24.4. The van der Waals surface area contributed by atoms with E-state index in [4.69, 9.17) is 9.47 Å². The molecule has 3 aliphatic heterocycles. The van der Waals surface area contributed by atoms with Crippen LogP contribution in [0.15, 0.2) is 42.5 Å². The van der Waals surface area contributed by atoms with E-state index in [0.717, 1.165) is 25.7 Å². The summed E-state index contributed by atoms with van der Waals surface area (Å²) in [6, 6.07) is 11.2. The minimum Gasteiger partial charge on any atom is -0.376 e. The Morgan fingerprint density at radius 2 is 1.60 bits per heavy atom. The molecule has 9 heteroatoms. The number of anilines is 1. The molecule has 0 spiro atoms. The Kier molecular flexibility index (Phi) is 6.61. The van der Waals surface area contributed by atoms with Crippen molar-refractivity contribution in [3.05, 3.63) is 64.7 Å². The number of carbonyl (C=O) groups excluding carboxylic acids is 4. The molecule has 2 unspecified atom stereocenters. The number of benzene rings is 2. The molecule has 3 aliphatic rings. The van der Waals surface area contributed by atoms with Crippen molar-refractivity contribution in [3.63, 3.8) is 0 Å². The van der Waals surface area contributed by atoms with Crippen LogP contribution < -0.4 is 10.6 Å². The summed E-state index contributed by atoms with van der Waals surface area (Å²) in [5.74, 6) is -1.59. The van der Waals surface area contributed by atoms with Crippen molar-refractivity contribution in [2.45, 2.75) is 37.9 Å². The molecule has 35 heavy (non-hydrogen) atoms. The first-order chi connectivity index (χ1) is 17.0. The van der Waals surface area contributed by atoms with Gasteiger partial charge in [-0.1, -0.05) is 12.1 Å². The van der Waals surface area contributed by atoms with E-state index in [1.807, 2.05) is 0 Å². The molecule has 2 saturated heterocycles. The first-order valence-corrected chi connectivity index (χ1v) is 11.9. The molecule has 0 aromatic heterocycles. The maximum atomic E-state index is 13.0. The van der Waals surface area contributed by atoms with Crippen molar-refractivity contribution in [1.82, 2.24) is 10.2 Å². The van der Waals surface area contributed by atoms with Gasteiger partial charge < -0.3 is 20.1 Å². The van der Waals surface area contributed by atoms with Crippen molar-refractivity contribution in [3.8, 4) is 0 Å². The van der Waals surface area contributed by atoms with Gasteiger partial charge in [-0.2, -0.15) is 0 Å². The molecule has 2 N–H and O–H groups in total. The second kappa shape index (κ2) is 9.97. The molecular weight excluding hydrogens is 450 g/mol. The topological polar surface area (TPSA) is 114 Å². The lowest BCUT2D eigenvalue weighted by atomic mass is 10.0. The van der Waals surface area contributed by atoms with Gasteiger partial charge in [-0.05, 0) is 56.0 Å². The predicted octanol–water partition coefficient (Wildman–Crippen LogP) is 2.62. The summed E-state index contributed by atoms with van der Waals surface area (Å²) in [4.78, 5) is 52.6. The number of imide groups is 1. The molecule has 9 nitrogen and oxygen atoms in total. The molecule has 2 fully saturated rings. The van der Waals surface area contributed by atoms with Crippen molar-refractivity contribution in [2.75, 3.05) is 31.6 Å². The van der Waals surface area contributed by atoms with Crippen molar-refractivity contribution < 1.29 is 28.7 Å². The van der Waals surface area contributed by atoms with Crippen LogP contribution in [0.5, 0.6) is 0 Å². The first-order valence-electron chi connectivity index (χ1n) is 11.9. The van der Waals surface area contributed by atoms with E-state index in [0.29, 0.717) is 31.0 Å². The lowest BCUT2D eigenvalue weighted by molar-refractivity contribution is 0.0475. The fourth-order valence-electron chi connectivity index (χ4n) is 4.68. The number of ether oxygens (including phenoxy) is 2. The van der Waals surface area contributed by atoms with Gasteiger partial charge >= 0.3 is 0 Å². The molecule has 182 valence electrons. The van der Waals surface area contributed by atoms with Crippen LogP contribution in [0, 0.1) is 0 Å². The predicted molar refractivity (Wildman–Crippen MR) is 126 cm³/mol. The van der Waals surface area contributed by atoms with Crippen LogP contribution in [0.4, 0.5) is 5.69 Å². The second-order valence-corrected chi connectivity index (χ2v) is 8.96. The summed E-state index contributed by atoms with van der Waals surface area (Å²) < 4.78 is 11.1. The number of para-hydroxylation sites is 1. The van der Waals surface area contributed by atoms with Crippen LogP contribution in [0.25, 0.3) is 0 Å². The van der Waals surface area contributed by atoms with E-state index in [9.17, 15) is 19.2 Å². The van der Waals surface area contributed by atoms with Crippen molar-refractivity contribution in [2.24, 2.45) is 0 Å². The summed E-state index contributed by atoms with van der Waals surface area (Å²) in [6.45, 7) is 1.95. The highest BCUT2D eigenvalue weighted by molar-refractivity contribution is 6.22. The Morgan fingerprint density at radius 3 is 2.34 bits per heavy atom. The van der Waals surface area contributed by atoms with Gasteiger partial charge in [0.05, 0.1) is 41.1 Å². The maximum Gasteiger partial charge on any atom is 0.261 e. The lowest BCUT2D eigenvalue weighted by Gasteiger charge is -2.17. The third-order valence-electron chi connectivity index (χ3n) is 6.58. The second-order valence-electron chi connectivity index (χ2n) is 8.96. The highest BCUT2D eigenvalue weighted by atomic mass is 16.5. The summed E-state index contributed by atoms with van der Waals surface area (Å²) in [6.07, 6.45) is 3.46. The molecule has 3 heterocycles. The fraction of sp³-hybridized carbons (Fsp3) is 0.385. The molecule has 0 aliphatic carbocycles. The SMILES string of the molecule is O=C(Nc1ccccc1C(=O)NCC1CCCO1)c1ccc2c(c1)C(=O)N(CC1CCCO1)C2=O. The molecule has 4 amide bonds. The number of hydrogen-bond acceptors (Lipinski definition) is 6. The van der Waals surface area contributed by atoms with Crippen LogP contribution in [0.3, 0.4) is 0 Å². The molecule has 2 aromatic rings. The smallest absolute Gasteiger partial charge is 0.261 e. The average molecular weight is 478 g/mol. The van der Waals surface area contributed by atoms with E-state index in [2.05, 4.69) is 10.6 Å². The quantitative estimate of drug-likeness (QED) is 0.593. The average Bonchev–Trinajstić information content (AvgIpc) is 3.63. The third kappa shape index (κ3) is 4.82. The zero-order valence-corrected chi connectivity index (χ0v) is 19.2. The molecule has 0 saturated carbocycles. The van der Waals surface area contributed by atoms with Gasteiger partial charge in [-0.15, -0.1) is 0 Å². The third-order valence-corrected chi connectivity index (χ3v) is 6.58. The standard InChI is InChI=1S/C26H27N3O6/c30-23(28-22-8-2-1-7-20(22)24(31)27-14-17-5-3-11-34-17)16-9-10-19-21(13-16)26(33)29(25(19)32)15-18-6-4-12-35-18/h1-2,7-10,13,17-18H,3-6,11-12,14-15H2,(H,27,31)(H,28,30). The number of nitrogens with one attached hydrogen (secondary N) is 2. The van der Waals surface area contributed by atoms with E-state index in [1.165, 1.54) is 23.1 Å². The molecule has 2 atom stereocenters. The van der Waals surface area contributed by atoms with Gasteiger partial charge in [0.25, 0.3) is 23.6 Å². The zero-order valence-electron chi connectivity index (χ0n) is 19.2. The number of amides is 4. The fourth-order valence-corrected chi connectivity index (χ4v) is 4.68. The number of nitrogens with zero attached hydrogens (tertiary/aromatic N) is 1. The van der Waals surface area contributed by atoms with Crippen LogP contribution >= 0.6 is 0 Å². The Balaban J connectivity index is 1.28. The van der Waals surface area contributed by atoms with Crippen LogP contribution in [-0.4, -0.2) is 67.0 Å². The lowest BCUT2D eigenvalue weighted by Crippen LogP contribution is -2.36. The molecule has 0 radical (unpaired) electrons.